The minimum absolute atomic E-state index is 0.0949. The Balaban J connectivity index is 2.48. The zero-order chi connectivity index (χ0) is 11.1. The van der Waals surface area contributed by atoms with Crippen LogP contribution in [0.15, 0.2) is 11.2 Å². The van der Waals surface area contributed by atoms with Gasteiger partial charge in [-0.1, -0.05) is 3.89 Å². The summed E-state index contributed by atoms with van der Waals surface area (Å²) >= 11 is 0. The molecule has 1 aromatic heterocycles. The lowest BCUT2D eigenvalue weighted by Gasteiger charge is -2.07. The average Bonchev–Trinajstić information content (AvgIpc) is 2.68. The summed E-state index contributed by atoms with van der Waals surface area (Å²) in [5.41, 5.74) is 0.0949. The van der Waals surface area contributed by atoms with Crippen molar-refractivity contribution in [2.45, 2.75) is 11.3 Å². The summed E-state index contributed by atoms with van der Waals surface area (Å²) in [4.78, 5) is 0. The van der Waals surface area contributed by atoms with Gasteiger partial charge in [-0.2, -0.15) is 13.5 Å². The van der Waals surface area contributed by atoms with E-state index in [1.807, 2.05) is 0 Å². The van der Waals surface area contributed by atoms with Gasteiger partial charge in [-0.15, -0.1) is 0 Å². The van der Waals surface area contributed by atoms with Crippen LogP contribution in [0.25, 0.3) is 0 Å². The number of rotatable bonds is 2. The topological polar surface area (TPSA) is 70.4 Å². The van der Waals surface area contributed by atoms with E-state index >= 15 is 0 Å². The molecule has 1 aromatic rings. The molecule has 0 aliphatic carbocycles. The molecular weight excluding hydrogens is 227 g/mol. The van der Waals surface area contributed by atoms with Crippen LogP contribution in [0.4, 0.5) is 3.89 Å². The van der Waals surface area contributed by atoms with Crippen LogP contribution in [-0.4, -0.2) is 31.4 Å². The van der Waals surface area contributed by atoms with Crippen molar-refractivity contribution in [3.8, 4) is 0 Å². The zero-order valence-electron chi connectivity index (χ0n) is 7.88. The second-order valence-electron chi connectivity index (χ2n) is 3.04. The van der Waals surface area contributed by atoms with Crippen molar-refractivity contribution >= 4 is 10.2 Å². The molecule has 2 heterocycles. The molecule has 6 nitrogen and oxygen atoms in total. The highest BCUT2D eigenvalue weighted by Gasteiger charge is 2.30. The largest absolute Gasteiger partial charge is 0.349 e. The molecule has 0 amide bonds. The van der Waals surface area contributed by atoms with E-state index in [2.05, 4.69) is 5.10 Å². The third kappa shape index (κ3) is 1.87. The summed E-state index contributed by atoms with van der Waals surface area (Å²) in [5, 5.41) is 3.15. The Labute approximate surface area is 85.8 Å². The van der Waals surface area contributed by atoms with Crippen LogP contribution in [0, 0.1) is 0 Å². The van der Waals surface area contributed by atoms with E-state index in [0.717, 1.165) is 4.68 Å². The molecule has 1 aliphatic rings. The maximum Gasteiger partial charge on any atom is 0.349 e. The fraction of sp³-hybridized carbons (Fsp3) is 0.571. The third-order valence-electron chi connectivity index (χ3n) is 2.02. The van der Waals surface area contributed by atoms with Gasteiger partial charge in [-0.05, 0) is 0 Å². The van der Waals surface area contributed by atoms with Crippen molar-refractivity contribution in [2.75, 3.05) is 13.2 Å². The minimum atomic E-state index is -4.82. The first-order valence-electron chi connectivity index (χ1n) is 4.20. The first-order valence-corrected chi connectivity index (χ1v) is 5.58. The Bertz CT molecular complexity index is 463. The molecule has 2 rings (SSSR count). The van der Waals surface area contributed by atoms with Gasteiger partial charge in [-0.25, -0.2) is 0 Å². The highest BCUT2D eigenvalue weighted by atomic mass is 32.3. The van der Waals surface area contributed by atoms with Crippen LogP contribution in [-0.2, 0) is 26.7 Å². The van der Waals surface area contributed by atoms with Gasteiger partial charge in [-0.3, -0.25) is 4.68 Å². The van der Waals surface area contributed by atoms with Gasteiger partial charge in [0, 0.05) is 7.05 Å². The fourth-order valence-electron chi connectivity index (χ4n) is 1.44. The molecule has 0 spiro atoms. The van der Waals surface area contributed by atoms with Gasteiger partial charge in [0.1, 0.15) is 0 Å². The Morgan fingerprint density at radius 1 is 1.53 bits per heavy atom. The highest BCUT2D eigenvalue weighted by Crippen LogP contribution is 2.29. The van der Waals surface area contributed by atoms with Gasteiger partial charge in [0.15, 0.2) is 11.3 Å². The summed E-state index contributed by atoms with van der Waals surface area (Å²) in [6.07, 6.45) is 0.377. The lowest BCUT2D eigenvalue weighted by molar-refractivity contribution is -0.0463. The SMILES string of the molecule is Cn1ncc(C2OCCO2)c1S(=O)(=O)F. The molecule has 0 N–H and O–H groups in total. The Kier molecular flexibility index (Phi) is 2.49. The average molecular weight is 236 g/mol. The molecule has 1 fully saturated rings. The van der Waals surface area contributed by atoms with Crippen LogP contribution >= 0.6 is 0 Å². The van der Waals surface area contributed by atoms with Crippen molar-refractivity contribution in [1.29, 1.82) is 0 Å². The van der Waals surface area contributed by atoms with Crippen molar-refractivity contribution in [3.05, 3.63) is 11.8 Å². The van der Waals surface area contributed by atoms with E-state index in [1.165, 1.54) is 13.2 Å². The van der Waals surface area contributed by atoms with Gasteiger partial charge in [0.05, 0.1) is 25.0 Å². The summed E-state index contributed by atoms with van der Waals surface area (Å²) in [5.74, 6) is 0. The van der Waals surface area contributed by atoms with Crippen molar-refractivity contribution in [1.82, 2.24) is 9.78 Å². The van der Waals surface area contributed by atoms with E-state index in [0.29, 0.717) is 13.2 Å². The van der Waals surface area contributed by atoms with Gasteiger partial charge >= 0.3 is 10.2 Å². The van der Waals surface area contributed by atoms with E-state index < -0.39 is 21.5 Å². The summed E-state index contributed by atoms with van der Waals surface area (Å²) in [6.45, 7) is 0.705. The first kappa shape index (κ1) is 10.5. The maximum atomic E-state index is 12.9. The van der Waals surface area contributed by atoms with E-state index in [4.69, 9.17) is 9.47 Å². The fourth-order valence-corrected chi connectivity index (χ4v) is 2.23. The molecule has 1 saturated heterocycles. The molecule has 1 aliphatic heterocycles. The number of ether oxygens (including phenoxy) is 2. The van der Waals surface area contributed by atoms with Gasteiger partial charge < -0.3 is 9.47 Å². The standard InChI is InChI=1S/C7H9FN2O4S/c1-10-6(15(8,11)12)5(4-9-10)7-13-2-3-14-7/h4,7H,2-3H2,1H3. The highest BCUT2D eigenvalue weighted by molar-refractivity contribution is 7.86. The van der Waals surface area contributed by atoms with E-state index in [9.17, 15) is 12.3 Å². The molecule has 0 radical (unpaired) electrons. The normalized spacial score (nSPS) is 18.5. The number of hydrogen-bond donors (Lipinski definition) is 0. The van der Waals surface area contributed by atoms with Crippen LogP contribution in [0.2, 0.25) is 0 Å². The van der Waals surface area contributed by atoms with Crippen LogP contribution < -0.4 is 0 Å². The van der Waals surface area contributed by atoms with Gasteiger partial charge in [0.25, 0.3) is 0 Å². The van der Waals surface area contributed by atoms with Crippen molar-refractivity contribution in [2.24, 2.45) is 7.05 Å². The second-order valence-corrected chi connectivity index (χ2v) is 4.30. The molecule has 0 unspecified atom stereocenters. The number of aromatic nitrogens is 2. The Morgan fingerprint density at radius 3 is 2.67 bits per heavy atom. The van der Waals surface area contributed by atoms with Gasteiger partial charge in [0.2, 0.25) is 0 Å². The second kappa shape index (κ2) is 3.54. The van der Waals surface area contributed by atoms with Crippen LogP contribution in [0.1, 0.15) is 11.9 Å². The molecule has 15 heavy (non-hydrogen) atoms. The first-order chi connectivity index (χ1) is 7.00. The van der Waals surface area contributed by atoms with Crippen LogP contribution in [0.3, 0.4) is 0 Å². The Hall–Kier alpha value is -0.990. The number of aryl methyl sites for hydroxylation is 1. The maximum absolute atomic E-state index is 12.9. The quantitative estimate of drug-likeness (QED) is 0.682. The van der Waals surface area contributed by atoms with E-state index in [-0.39, 0.29) is 5.56 Å². The van der Waals surface area contributed by atoms with Crippen LogP contribution in [0.5, 0.6) is 0 Å². The zero-order valence-corrected chi connectivity index (χ0v) is 8.70. The minimum Gasteiger partial charge on any atom is -0.346 e. The molecule has 0 aromatic carbocycles. The predicted molar refractivity (Wildman–Crippen MR) is 46.1 cm³/mol. The molecule has 0 atom stereocenters. The number of hydrogen-bond acceptors (Lipinski definition) is 5. The monoisotopic (exact) mass is 236 g/mol. The third-order valence-corrected chi connectivity index (χ3v) is 2.98. The predicted octanol–water partition coefficient (Wildman–Crippen LogP) is 0.124. The number of halogens is 1. The number of nitrogens with zero attached hydrogens (tertiary/aromatic N) is 2. The molecule has 84 valence electrons. The lowest BCUT2D eigenvalue weighted by Crippen LogP contribution is -2.08. The molecule has 0 bridgehead atoms. The lowest BCUT2D eigenvalue weighted by atomic mass is 10.3. The summed E-state index contributed by atoms with van der Waals surface area (Å²) in [6, 6.07) is 0. The Morgan fingerprint density at radius 2 is 2.13 bits per heavy atom. The molecule has 0 saturated carbocycles. The smallest absolute Gasteiger partial charge is 0.346 e. The van der Waals surface area contributed by atoms with Crippen molar-refractivity contribution in [3.63, 3.8) is 0 Å². The summed E-state index contributed by atoms with van der Waals surface area (Å²) < 4.78 is 45.7. The van der Waals surface area contributed by atoms with Crippen molar-refractivity contribution < 1.29 is 21.8 Å². The van der Waals surface area contributed by atoms with E-state index in [1.54, 1.807) is 0 Å². The summed E-state index contributed by atoms with van der Waals surface area (Å²) in [7, 11) is -3.48. The molecule has 8 heteroatoms. The molecular formula is C7H9FN2O4S.